The van der Waals surface area contributed by atoms with E-state index in [-0.39, 0.29) is 12.5 Å². The molecule has 2 rings (SSSR count). The van der Waals surface area contributed by atoms with Crippen molar-refractivity contribution >= 4 is 17.5 Å². The molecule has 1 aliphatic heterocycles. The molecule has 0 aromatic heterocycles. The van der Waals surface area contributed by atoms with Crippen molar-refractivity contribution in [2.24, 2.45) is 11.5 Å². The Bertz CT molecular complexity index is 542. The molecule has 20 heavy (non-hydrogen) atoms. The van der Waals surface area contributed by atoms with Crippen molar-refractivity contribution in [2.45, 2.75) is 31.9 Å². The number of hydrogen-bond acceptors (Lipinski definition) is 4. The third-order valence-electron chi connectivity index (χ3n) is 3.56. The molecule has 108 valence electrons. The highest BCUT2D eigenvalue weighted by atomic mass is 16.5. The third kappa shape index (κ3) is 2.46. The number of nitrogens with two attached hydrogens (primary N) is 2. The average molecular weight is 277 g/mol. The van der Waals surface area contributed by atoms with Gasteiger partial charge < -0.3 is 21.1 Å². The zero-order chi connectivity index (χ0) is 14.9. The largest absolute Gasteiger partial charge is 0.477 e. The Morgan fingerprint density at radius 1 is 1.45 bits per heavy atom. The fraction of sp³-hybridized carbons (Fsp3) is 0.429. The molecule has 0 fully saturated rings. The summed E-state index contributed by atoms with van der Waals surface area (Å²) in [7, 11) is 0. The van der Waals surface area contributed by atoms with Gasteiger partial charge in [0.2, 0.25) is 5.91 Å². The van der Waals surface area contributed by atoms with Gasteiger partial charge in [-0.1, -0.05) is 19.1 Å². The Labute approximate surface area is 117 Å². The van der Waals surface area contributed by atoms with Gasteiger partial charge in [-0.25, -0.2) is 0 Å². The minimum absolute atomic E-state index is 0.0813. The Morgan fingerprint density at radius 2 is 2.10 bits per heavy atom. The predicted molar refractivity (Wildman–Crippen MR) is 75.3 cm³/mol. The van der Waals surface area contributed by atoms with Gasteiger partial charge in [0.15, 0.2) is 6.10 Å². The van der Waals surface area contributed by atoms with Crippen LogP contribution in [0, 0.1) is 0 Å². The number of amides is 2. The number of rotatable bonds is 3. The van der Waals surface area contributed by atoms with Crippen LogP contribution in [0.25, 0.3) is 0 Å². The maximum absolute atomic E-state index is 12.6. The van der Waals surface area contributed by atoms with Crippen LogP contribution in [0.3, 0.4) is 0 Å². The molecule has 2 amide bonds. The summed E-state index contributed by atoms with van der Waals surface area (Å²) in [6.45, 7) is 3.60. The number of nitrogens with zero attached hydrogens (tertiary/aromatic N) is 1. The zero-order valence-corrected chi connectivity index (χ0v) is 11.6. The van der Waals surface area contributed by atoms with Crippen LogP contribution in [0.4, 0.5) is 5.69 Å². The molecule has 2 unspecified atom stereocenters. The molecule has 1 aromatic carbocycles. The molecule has 1 heterocycles. The van der Waals surface area contributed by atoms with Gasteiger partial charge >= 0.3 is 0 Å². The SMILES string of the molecule is CCC(C)(N)C(=O)N1CC(C(N)=O)Oc2ccccc21. The molecule has 6 nitrogen and oxygen atoms in total. The second kappa shape index (κ2) is 5.13. The monoisotopic (exact) mass is 277 g/mol. The van der Waals surface area contributed by atoms with E-state index in [0.29, 0.717) is 17.9 Å². The second-order valence-corrected chi connectivity index (χ2v) is 5.16. The first kappa shape index (κ1) is 14.3. The van der Waals surface area contributed by atoms with Gasteiger partial charge in [0.05, 0.1) is 17.8 Å². The number of carbonyl (C=O) groups excluding carboxylic acids is 2. The summed E-state index contributed by atoms with van der Waals surface area (Å²) in [6.07, 6.45) is -0.367. The molecule has 2 atom stereocenters. The zero-order valence-electron chi connectivity index (χ0n) is 11.6. The highest BCUT2D eigenvalue weighted by Crippen LogP contribution is 2.34. The molecule has 6 heteroatoms. The smallest absolute Gasteiger partial charge is 0.260 e. The van der Waals surface area contributed by atoms with Gasteiger partial charge in [0.25, 0.3) is 5.91 Å². The normalized spacial score (nSPS) is 20.6. The first-order chi connectivity index (χ1) is 9.36. The molecule has 0 aliphatic carbocycles. The van der Waals surface area contributed by atoms with Crippen LogP contribution in [0.2, 0.25) is 0 Å². The van der Waals surface area contributed by atoms with E-state index >= 15 is 0 Å². The number of benzene rings is 1. The molecule has 0 spiro atoms. The lowest BCUT2D eigenvalue weighted by Crippen LogP contribution is -2.58. The standard InChI is InChI=1S/C14H19N3O3/c1-3-14(2,16)13(19)17-8-11(12(15)18)20-10-7-5-4-6-9(10)17/h4-7,11H,3,8,16H2,1-2H3,(H2,15,18). The summed E-state index contributed by atoms with van der Waals surface area (Å²) in [5, 5.41) is 0. The van der Waals surface area contributed by atoms with Crippen molar-refractivity contribution in [1.29, 1.82) is 0 Å². The van der Waals surface area contributed by atoms with Gasteiger partial charge in [-0.05, 0) is 25.5 Å². The maximum atomic E-state index is 12.6. The molecule has 0 saturated heterocycles. The summed E-state index contributed by atoms with van der Waals surface area (Å²) in [5.74, 6) is -0.391. The van der Waals surface area contributed by atoms with Crippen molar-refractivity contribution in [2.75, 3.05) is 11.4 Å². The van der Waals surface area contributed by atoms with Gasteiger partial charge in [-0.3, -0.25) is 9.59 Å². The van der Waals surface area contributed by atoms with Crippen LogP contribution in [0.15, 0.2) is 24.3 Å². The van der Waals surface area contributed by atoms with Gasteiger partial charge in [-0.2, -0.15) is 0 Å². The number of fused-ring (bicyclic) bond motifs is 1. The van der Waals surface area contributed by atoms with E-state index in [0.717, 1.165) is 0 Å². The van der Waals surface area contributed by atoms with Crippen LogP contribution >= 0.6 is 0 Å². The van der Waals surface area contributed by atoms with Gasteiger partial charge in [-0.15, -0.1) is 0 Å². The summed E-state index contributed by atoms with van der Waals surface area (Å²) >= 11 is 0. The first-order valence-corrected chi connectivity index (χ1v) is 6.52. The summed E-state index contributed by atoms with van der Waals surface area (Å²) in [4.78, 5) is 25.4. The van der Waals surface area contributed by atoms with Crippen molar-refractivity contribution in [3.63, 3.8) is 0 Å². The highest BCUT2D eigenvalue weighted by molar-refractivity contribution is 6.02. The van der Waals surface area contributed by atoms with Crippen LogP contribution in [-0.2, 0) is 9.59 Å². The maximum Gasteiger partial charge on any atom is 0.260 e. The second-order valence-electron chi connectivity index (χ2n) is 5.16. The van der Waals surface area contributed by atoms with E-state index in [2.05, 4.69) is 0 Å². The summed E-state index contributed by atoms with van der Waals surface area (Å²) in [6, 6.07) is 7.03. The Morgan fingerprint density at radius 3 is 2.70 bits per heavy atom. The Kier molecular flexibility index (Phi) is 3.67. The minimum Gasteiger partial charge on any atom is -0.477 e. The van der Waals surface area contributed by atoms with Crippen molar-refractivity contribution in [1.82, 2.24) is 0 Å². The number of primary amides is 1. The molecule has 0 bridgehead atoms. The lowest BCUT2D eigenvalue weighted by atomic mass is 9.97. The molecular formula is C14H19N3O3. The van der Waals surface area contributed by atoms with E-state index in [1.807, 2.05) is 6.92 Å². The van der Waals surface area contributed by atoms with Crippen molar-refractivity contribution in [3.8, 4) is 5.75 Å². The fourth-order valence-corrected chi connectivity index (χ4v) is 2.03. The van der Waals surface area contributed by atoms with Crippen LogP contribution in [0.1, 0.15) is 20.3 Å². The molecule has 0 saturated carbocycles. The molecular weight excluding hydrogens is 258 g/mol. The van der Waals surface area contributed by atoms with E-state index in [1.165, 1.54) is 4.90 Å². The van der Waals surface area contributed by atoms with Gasteiger partial charge in [0, 0.05) is 0 Å². The number of anilines is 1. The van der Waals surface area contributed by atoms with E-state index in [4.69, 9.17) is 16.2 Å². The third-order valence-corrected chi connectivity index (χ3v) is 3.56. The molecule has 4 N–H and O–H groups in total. The predicted octanol–water partition coefficient (Wildman–Crippen LogP) is 0.393. The molecule has 0 radical (unpaired) electrons. The molecule has 1 aromatic rings. The molecule has 1 aliphatic rings. The lowest BCUT2D eigenvalue weighted by Gasteiger charge is -2.37. The first-order valence-electron chi connectivity index (χ1n) is 6.52. The van der Waals surface area contributed by atoms with E-state index < -0.39 is 17.6 Å². The summed E-state index contributed by atoms with van der Waals surface area (Å²) < 4.78 is 5.51. The van der Waals surface area contributed by atoms with Crippen molar-refractivity contribution < 1.29 is 14.3 Å². The quantitative estimate of drug-likeness (QED) is 0.835. The fourth-order valence-electron chi connectivity index (χ4n) is 2.03. The Hall–Kier alpha value is -2.08. The topological polar surface area (TPSA) is 98.7 Å². The number of carbonyl (C=O) groups is 2. The van der Waals surface area contributed by atoms with Crippen LogP contribution in [0.5, 0.6) is 5.75 Å². The summed E-state index contributed by atoms with van der Waals surface area (Å²) in [5.41, 5.74) is 10.9. The number of ether oxygens (including phenoxy) is 1. The lowest BCUT2D eigenvalue weighted by molar-refractivity contribution is -0.126. The van der Waals surface area contributed by atoms with E-state index in [1.54, 1.807) is 31.2 Å². The van der Waals surface area contributed by atoms with E-state index in [9.17, 15) is 9.59 Å². The van der Waals surface area contributed by atoms with Gasteiger partial charge in [0.1, 0.15) is 5.75 Å². The Balaban J connectivity index is 2.41. The van der Waals surface area contributed by atoms with Crippen LogP contribution < -0.4 is 21.1 Å². The number of para-hydroxylation sites is 2. The minimum atomic E-state index is -0.993. The van der Waals surface area contributed by atoms with Crippen molar-refractivity contribution in [3.05, 3.63) is 24.3 Å². The number of hydrogen-bond donors (Lipinski definition) is 2. The van der Waals surface area contributed by atoms with Crippen LogP contribution in [-0.4, -0.2) is 30.0 Å². The average Bonchev–Trinajstić information content (AvgIpc) is 2.45. The highest BCUT2D eigenvalue weighted by Gasteiger charge is 2.38.